The molecule has 0 aliphatic rings. The Balaban J connectivity index is 2.27. The summed E-state index contributed by atoms with van der Waals surface area (Å²) in [6.45, 7) is 0. The van der Waals surface area contributed by atoms with Gasteiger partial charge in [-0.2, -0.15) is 0 Å². The van der Waals surface area contributed by atoms with Crippen LogP contribution in [0.4, 0.5) is 21.5 Å². The van der Waals surface area contributed by atoms with E-state index < -0.39 is 0 Å². The fourth-order valence-electron chi connectivity index (χ4n) is 1.27. The molecule has 0 atom stereocenters. The SMILES string of the molecule is Nc1cncc(Nc2ccc(Br)cc2F)c1. The molecule has 1 aromatic carbocycles. The minimum absolute atomic E-state index is 0.336. The largest absolute Gasteiger partial charge is 0.397 e. The molecule has 16 heavy (non-hydrogen) atoms. The second kappa shape index (κ2) is 4.49. The van der Waals surface area contributed by atoms with Crippen molar-refractivity contribution in [1.29, 1.82) is 0 Å². The first-order chi connectivity index (χ1) is 7.65. The topological polar surface area (TPSA) is 50.9 Å². The molecule has 0 radical (unpaired) electrons. The lowest BCUT2D eigenvalue weighted by molar-refractivity contribution is 0.631. The molecule has 0 saturated heterocycles. The Labute approximate surface area is 101 Å². The second-order valence-corrected chi connectivity index (χ2v) is 4.17. The third-order valence-electron chi connectivity index (χ3n) is 1.97. The number of rotatable bonds is 2. The van der Waals surface area contributed by atoms with Gasteiger partial charge in [0.2, 0.25) is 0 Å². The number of nitrogens with two attached hydrogens (primary N) is 1. The molecule has 0 spiro atoms. The maximum absolute atomic E-state index is 13.5. The lowest BCUT2D eigenvalue weighted by Gasteiger charge is -2.07. The van der Waals surface area contributed by atoms with Crippen molar-refractivity contribution < 1.29 is 4.39 Å². The standard InChI is InChI=1S/C11H9BrFN3/c12-7-1-2-11(10(13)3-7)16-9-4-8(14)5-15-6-9/h1-6,16H,14H2. The highest BCUT2D eigenvalue weighted by molar-refractivity contribution is 9.10. The Morgan fingerprint density at radius 1 is 1.25 bits per heavy atom. The maximum Gasteiger partial charge on any atom is 0.147 e. The van der Waals surface area contributed by atoms with Crippen molar-refractivity contribution in [1.82, 2.24) is 4.98 Å². The summed E-state index contributed by atoms with van der Waals surface area (Å²) in [6.07, 6.45) is 3.11. The van der Waals surface area contributed by atoms with Crippen molar-refractivity contribution in [3.63, 3.8) is 0 Å². The van der Waals surface area contributed by atoms with E-state index in [0.29, 0.717) is 21.5 Å². The zero-order valence-corrected chi connectivity index (χ0v) is 9.83. The van der Waals surface area contributed by atoms with E-state index in [2.05, 4.69) is 26.2 Å². The van der Waals surface area contributed by atoms with Gasteiger partial charge in [0, 0.05) is 10.7 Å². The van der Waals surface area contributed by atoms with E-state index in [1.165, 1.54) is 12.3 Å². The van der Waals surface area contributed by atoms with Gasteiger partial charge >= 0.3 is 0 Å². The van der Waals surface area contributed by atoms with Crippen molar-refractivity contribution in [3.8, 4) is 0 Å². The van der Waals surface area contributed by atoms with E-state index in [1.54, 1.807) is 24.4 Å². The first-order valence-electron chi connectivity index (χ1n) is 4.58. The molecule has 0 bridgehead atoms. The molecular weight excluding hydrogens is 273 g/mol. The molecule has 0 aliphatic carbocycles. The summed E-state index contributed by atoms with van der Waals surface area (Å²) >= 11 is 3.19. The number of nitrogens with one attached hydrogen (secondary N) is 1. The van der Waals surface area contributed by atoms with Crippen LogP contribution >= 0.6 is 15.9 Å². The van der Waals surface area contributed by atoms with E-state index in [9.17, 15) is 4.39 Å². The van der Waals surface area contributed by atoms with E-state index in [-0.39, 0.29) is 5.82 Å². The van der Waals surface area contributed by atoms with Crippen LogP contribution in [0.1, 0.15) is 0 Å². The molecule has 0 amide bonds. The monoisotopic (exact) mass is 281 g/mol. The van der Waals surface area contributed by atoms with Crippen molar-refractivity contribution >= 4 is 33.0 Å². The lowest BCUT2D eigenvalue weighted by atomic mass is 10.3. The highest BCUT2D eigenvalue weighted by atomic mass is 79.9. The number of aromatic nitrogens is 1. The molecule has 0 aliphatic heterocycles. The van der Waals surface area contributed by atoms with Crippen LogP contribution in [0.2, 0.25) is 0 Å². The highest BCUT2D eigenvalue weighted by Crippen LogP contribution is 2.23. The molecule has 3 N–H and O–H groups in total. The van der Waals surface area contributed by atoms with Gasteiger partial charge in [-0.15, -0.1) is 0 Å². The molecular formula is C11H9BrFN3. The van der Waals surface area contributed by atoms with E-state index in [4.69, 9.17) is 5.73 Å². The zero-order chi connectivity index (χ0) is 11.5. The summed E-state index contributed by atoms with van der Waals surface area (Å²) in [5.74, 6) is -0.336. The fraction of sp³-hybridized carbons (Fsp3) is 0. The zero-order valence-electron chi connectivity index (χ0n) is 8.24. The van der Waals surface area contributed by atoms with E-state index >= 15 is 0 Å². The van der Waals surface area contributed by atoms with Gasteiger partial charge in [0.15, 0.2) is 0 Å². The Hall–Kier alpha value is -1.62. The third-order valence-corrected chi connectivity index (χ3v) is 2.46. The smallest absolute Gasteiger partial charge is 0.147 e. The summed E-state index contributed by atoms with van der Waals surface area (Å²) in [4.78, 5) is 3.91. The van der Waals surface area contributed by atoms with Crippen LogP contribution in [0, 0.1) is 5.82 Å². The average molecular weight is 282 g/mol. The molecule has 2 aromatic rings. The summed E-state index contributed by atoms with van der Waals surface area (Å²) < 4.78 is 14.2. The predicted molar refractivity (Wildman–Crippen MR) is 66.0 cm³/mol. The van der Waals surface area contributed by atoms with Crippen LogP contribution in [-0.4, -0.2) is 4.98 Å². The Morgan fingerprint density at radius 3 is 2.75 bits per heavy atom. The number of hydrogen-bond donors (Lipinski definition) is 2. The van der Waals surface area contributed by atoms with Gasteiger partial charge in [0.05, 0.1) is 23.3 Å². The minimum Gasteiger partial charge on any atom is -0.397 e. The molecule has 82 valence electrons. The quantitative estimate of drug-likeness (QED) is 0.888. The van der Waals surface area contributed by atoms with Gasteiger partial charge < -0.3 is 11.1 Å². The van der Waals surface area contributed by atoms with Gasteiger partial charge in [-0.05, 0) is 24.3 Å². The Kier molecular flexibility index (Phi) is 3.05. The number of benzene rings is 1. The molecule has 2 rings (SSSR count). The van der Waals surface area contributed by atoms with E-state index in [0.717, 1.165) is 0 Å². The normalized spacial score (nSPS) is 10.1. The van der Waals surface area contributed by atoms with Crippen LogP contribution in [0.15, 0.2) is 41.1 Å². The number of nitrogen functional groups attached to an aromatic ring is 1. The number of anilines is 3. The highest BCUT2D eigenvalue weighted by Gasteiger charge is 2.03. The van der Waals surface area contributed by atoms with Gasteiger partial charge in [-0.25, -0.2) is 4.39 Å². The molecule has 1 heterocycles. The lowest BCUT2D eigenvalue weighted by Crippen LogP contribution is -1.95. The number of nitrogens with zero attached hydrogens (tertiary/aromatic N) is 1. The van der Waals surface area contributed by atoms with Crippen LogP contribution in [0.3, 0.4) is 0 Å². The third kappa shape index (κ3) is 2.49. The Morgan fingerprint density at radius 2 is 2.06 bits per heavy atom. The number of halogens is 2. The van der Waals surface area contributed by atoms with Crippen molar-refractivity contribution in [2.45, 2.75) is 0 Å². The van der Waals surface area contributed by atoms with Crippen LogP contribution in [0.25, 0.3) is 0 Å². The van der Waals surface area contributed by atoms with Crippen LogP contribution in [0.5, 0.6) is 0 Å². The average Bonchev–Trinajstić information content (AvgIpc) is 2.22. The molecule has 5 heteroatoms. The van der Waals surface area contributed by atoms with Crippen molar-refractivity contribution in [2.24, 2.45) is 0 Å². The molecule has 1 aromatic heterocycles. The first-order valence-corrected chi connectivity index (χ1v) is 5.37. The van der Waals surface area contributed by atoms with Crippen LogP contribution in [-0.2, 0) is 0 Å². The number of hydrogen-bond acceptors (Lipinski definition) is 3. The second-order valence-electron chi connectivity index (χ2n) is 3.26. The number of pyridine rings is 1. The van der Waals surface area contributed by atoms with Gasteiger partial charge in [-0.1, -0.05) is 15.9 Å². The van der Waals surface area contributed by atoms with Gasteiger partial charge in [0.25, 0.3) is 0 Å². The molecule has 0 unspecified atom stereocenters. The van der Waals surface area contributed by atoms with E-state index in [1.807, 2.05) is 0 Å². The minimum atomic E-state index is -0.336. The summed E-state index contributed by atoms with van der Waals surface area (Å²) in [5.41, 5.74) is 7.14. The summed E-state index contributed by atoms with van der Waals surface area (Å²) in [7, 11) is 0. The molecule has 0 saturated carbocycles. The summed E-state index contributed by atoms with van der Waals surface area (Å²) in [6, 6.07) is 6.48. The molecule has 0 fully saturated rings. The van der Waals surface area contributed by atoms with Crippen LogP contribution < -0.4 is 11.1 Å². The maximum atomic E-state index is 13.5. The summed E-state index contributed by atoms with van der Waals surface area (Å²) in [5, 5.41) is 2.90. The first kappa shape index (κ1) is 10.9. The predicted octanol–water partition coefficient (Wildman–Crippen LogP) is 3.31. The fourth-order valence-corrected chi connectivity index (χ4v) is 1.61. The Bertz CT molecular complexity index is 516. The van der Waals surface area contributed by atoms with Gasteiger partial charge in [0.1, 0.15) is 5.82 Å². The van der Waals surface area contributed by atoms with Crippen molar-refractivity contribution in [2.75, 3.05) is 11.1 Å². The van der Waals surface area contributed by atoms with Gasteiger partial charge in [-0.3, -0.25) is 4.98 Å². The van der Waals surface area contributed by atoms with Crippen molar-refractivity contribution in [3.05, 3.63) is 46.9 Å². The molecule has 3 nitrogen and oxygen atoms in total.